The van der Waals surface area contributed by atoms with Gasteiger partial charge in [0.1, 0.15) is 5.82 Å². The molecule has 0 aliphatic rings. The highest BCUT2D eigenvalue weighted by Crippen LogP contribution is 2.16. The first-order valence-electron chi connectivity index (χ1n) is 4.25. The standard InChI is InChI=1S/C10H7FN2O2/c11-8-4-2-1-3-6(8)7-5-12-10(15)13-9(7)14/h1-5H,(H2,12,13,14,15). The topological polar surface area (TPSA) is 65.7 Å². The van der Waals surface area contributed by atoms with Crippen LogP contribution in [0.15, 0.2) is 40.1 Å². The van der Waals surface area contributed by atoms with E-state index in [9.17, 15) is 14.0 Å². The van der Waals surface area contributed by atoms with Crippen LogP contribution in [0, 0.1) is 5.82 Å². The molecule has 76 valence electrons. The Morgan fingerprint density at radius 1 is 1.07 bits per heavy atom. The van der Waals surface area contributed by atoms with Crippen molar-refractivity contribution in [3.05, 3.63) is 57.1 Å². The number of hydrogen-bond donors (Lipinski definition) is 2. The van der Waals surface area contributed by atoms with Crippen molar-refractivity contribution in [2.45, 2.75) is 0 Å². The van der Waals surface area contributed by atoms with Crippen LogP contribution in [-0.2, 0) is 0 Å². The van der Waals surface area contributed by atoms with Gasteiger partial charge in [0.05, 0.1) is 5.56 Å². The van der Waals surface area contributed by atoms with E-state index in [0.717, 1.165) is 0 Å². The first kappa shape index (κ1) is 9.39. The number of hydrogen-bond acceptors (Lipinski definition) is 2. The van der Waals surface area contributed by atoms with Gasteiger partial charge in [0.15, 0.2) is 0 Å². The third kappa shape index (κ3) is 1.71. The molecule has 1 aromatic carbocycles. The molecular formula is C10H7FN2O2. The van der Waals surface area contributed by atoms with E-state index in [1.165, 1.54) is 24.4 Å². The van der Waals surface area contributed by atoms with E-state index in [1.54, 1.807) is 6.07 Å². The molecule has 0 unspecified atom stereocenters. The highest BCUT2D eigenvalue weighted by molar-refractivity contribution is 5.61. The fraction of sp³-hybridized carbons (Fsp3) is 0. The van der Waals surface area contributed by atoms with Crippen LogP contribution >= 0.6 is 0 Å². The molecule has 0 saturated carbocycles. The molecule has 0 saturated heterocycles. The van der Waals surface area contributed by atoms with Crippen LogP contribution in [0.2, 0.25) is 0 Å². The van der Waals surface area contributed by atoms with Crippen molar-refractivity contribution >= 4 is 0 Å². The van der Waals surface area contributed by atoms with Crippen molar-refractivity contribution in [3.8, 4) is 11.1 Å². The molecule has 0 amide bonds. The molecule has 1 heterocycles. The summed E-state index contributed by atoms with van der Waals surface area (Å²) in [7, 11) is 0. The summed E-state index contributed by atoms with van der Waals surface area (Å²) >= 11 is 0. The second kappa shape index (κ2) is 3.53. The van der Waals surface area contributed by atoms with Gasteiger partial charge in [0, 0.05) is 11.8 Å². The molecule has 2 N–H and O–H groups in total. The molecule has 2 aromatic rings. The van der Waals surface area contributed by atoms with Crippen LogP contribution in [0.5, 0.6) is 0 Å². The minimum absolute atomic E-state index is 0.104. The zero-order valence-electron chi connectivity index (χ0n) is 7.58. The fourth-order valence-corrected chi connectivity index (χ4v) is 1.29. The maximum atomic E-state index is 13.3. The molecule has 2 rings (SSSR count). The van der Waals surface area contributed by atoms with E-state index < -0.39 is 17.1 Å². The summed E-state index contributed by atoms with van der Waals surface area (Å²) < 4.78 is 13.3. The molecular weight excluding hydrogens is 199 g/mol. The second-order valence-electron chi connectivity index (χ2n) is 2.97. The predicted octanol–water partition coefficient (Wildman–Crippen LogP) is 0.869. The van der Waals surface area contributed by atoms with Crippen molar-refractivity contribution in [2.75, 3.05) is 0 Å². The number of nitrogens with one attached hydrogen (secondary N) is 2. The Kier molecular flexibility index (Phi) is 2.21. The highest BCUT2D eigenvalue weighted by atomic mass is 19.1. The van der Waals surface area contributed by atoms with Crippen LogP contribution in [0.25, 0.3) is 11.1 Å². The van der Waals surface area contributed by atoms with Crippen LogP contribution < -0.4 is 11.2 Å². The average Bonchev–Trinajstić information content (AvgIpc) is 2.20. The first-order valence-corrected chi connectivity index (χ1v) is 4.25. The summed E-state index contributed by atoms with van der Waals surface area (Å²) in [5.74, 6) is -0.505. The van der Waals surface area contributed by atoms with Crippen LogP contribution in [0.3, 0.4) is 0 Å². The smallest absolute Gasteiger partial charge is 0.313 e. The molecule has 0 spiro atoms. The van der Waals surface area contributed by atoms with Gasteiger partial charge < -0.3 is 4.98 Å². The second-order valence-corrected chi connectivity index (χ2v) is 2.97. The van der Waals surface area contributed by atoms with Crippen LogP contribution in [-0.4, -0.2) is 9.97 Å². The quantitative estimate of drug-likeness (QED) is 0.727. The van der Waals surface area contributed by atoms with Crippen molar-refractivity contribution in [1.29, 1.82) is 0 Å². The number of H-pyrrole nitrogens is 2. The van der Waals surface area contributed by atoms with Gasteiger partial charge in [-0.1, -0.05) is 18.2 Å². The van der Waals surface area contributed by atoms with Gasteiger partial charge >= 0.3 is 5.69 Å². The van der Waals surface area contributed by atoms with Crippen molar-refractivity contribution < 1.29 is 4.39 Å². The monoisotopic (exact) mass is 206 g/mol. The van der Waals surface area contributed by atoms with Gasteiger partial charge in [0.2, 0.25) is 0 Å². The zero-order chi connectivity index (χ0) is 10.8. The Hall–Kier alpha value is -2.17. The van der Waals surface area contributed by atoms with Gasteiger partial charge in [-0.2, -0.15) is 0 Å². The molecule has 1 aromatic heterocycles. The molecule has 0 aliphatic heterocycles. The summed E-state index contributed by atoms with van der Waals surface area (Å²) in [6.45, 7) is 0. The Balaban J connectivity index is 2.70. The highest BCUT2D eigenvalue weighted by Gasteiger charge is 2.07. The molecule has 0 radical (unpaired) electrons. The number of halogens is 1. The largest absolute Gasteiger partial charge is 0.325 e. The number of aromatic amines is 2. The van der Waals surface area contributed by atoms with Gasteiger partial charge in [-0.05, 0) is 6.07 Å². The lowest BCUT2D eigenvalue weighted by molar-refractivity contribution is 0.631. The zero-order valence-corrected chi connectivity index (χ0v) is 7.58. The molecule has 0 atom stereocenters. The molecule has 4 nitrogen and oxygen atoms in total. The molecule has 0 fully saturated rings. The van der Waals surface area contributed by atoms with E-state index in [4.69, 9.17) is 0 Å². The van der Waals surface area contributed by atoms with Crippen molar-refractivity contribution in [3.63, 3.8) is 0 Å². The lowest BCUT2D eigenvalue weighted by Gasteiger charge is -2.00. The number of rotatable bonds is 1. The van der Waals surface area contributed by atoms with E-state index in [1.807, 2.05) is 4.98 Å². The summed E-state index contributed by atoms with van der Waals surface area (Å²) in [4.78, 5) is 26.4. The van der Waals surface area contributed by atoms with E-state index in [-0.39, 0.29) is 11.1 Å². The van der Waals surface area contributed by atoms with E-state index in [2.05, 4.69) is 4.98 Å². The summed E-state index contributed by atoms with van der Waals surface area (Å²) in [6, 6.07) is 5.86. The Morgan fingerprint density at radius 2 is 1.80 bits per heavy atom. The lowest BCUT2D eigenvalue weighted by Crippen LogP contribution is -2.22. The third-order valence-corrected chi connectivity index (χ3v) is 1.98. The summed E-state index contributed by atoms with van der Waals surface area (Å²) in [5.41, 5.74) is -0.952. The lowest BCUT2D eigenvalue weighted by atomic mass is 10.1. The average molecular weight is 206 g/mol. The van der Waals surface area contributed by atoms with Crippen LogP contribution in [0.4, 0.5) is 4.39 Å². The Bertz CT molecular complexity index is 601. The maximum Gasteiger partial charge on any atom is 0.325 e. The minimum Gasteiger partial charge on any atom is -0.313 e. The Labute approximate surface area is 83.4 Å². The minimum atomic E-state index is -0.611. The van der Waals surface area contributed by atoms with E-state index >= 15 is 0 Å². The van der Waals surface area contributed by atoms with Crippen LogP contribution in [0.1, 0.15) is 0 Å². The van der Waals surface area contributed by atoms with Gasteiger partial charge in [-0.15, -0.1) is 0 Å². The molecule has 0 bridgehead atoms. The van der Waals surface area contributed by atoms with Crippen molar-refractivity contribution in [1.82, 2.24) is 9.97 Å². The molecule has 0 aliphatic carbocycles. The maximum absolute atomic E-state index is 13.3. The third-order valence-electron chi connectivity index (χ3n) is 1.98. The summed E-state index contributed by atoms with van der Waals surface area (Å²) in [5, 5.41) is 0. The SMILES string of the molecule is O=c1[nH]cc(-c2ccccc2F)c(=O)[nH]1. The predicted molar refractivity (Wildman–Crippen MR) is 53.1 cm³/mol. The molecule has 15 heavy (non-hydrogen) atoms. The normalized spacial score (nSPS) is 10.2. The Morgan fingerprint density at radius 3 is 2.47 bits per heavy atom. The number of aromatic nitrogens is 2. The summed E-state index contributed by atoms with van der Waals surface area (Å²) in [6.07, 6.45) is 1.19. The van der Waals surface area contributed by atoms with Gasteiger partial charge in [0.25, 0.3) is 5.56 Å². The van der Waals surface area contributed by atoms with E-state index in [0.29, 0.717) is 0 Å². The van der Waals surface area contributed by atoms with Crippen molar-refractivity contribution in [2.24, 2.45) is 0 Å². The molecule has 5 heteroatoms. The van der Waals surface area contributed by atoms with Gasteiger partial charge in [-0.25, -0.2) is 9.18 Å². The first-order chi connectivity index (χ1) is 7.18. The van der Waals surface area contributed by atoms with Gasteiger partial charge in [-0.3, -0.25) is 9.78 Å². The number of benzene rings is 1. The fourth-order valence-electron chi connectivity index (χ4n) is 1.29.